The lowest BCUT2D eigenvalue weighted by Crippen LogP contribution is -2.39. The van der Waals surface area contributed by atoms with Crippen molar-refractivity contribution in [2.75, 3.05) is 0 Å². The molecule has 0 saturated heterocycles. The van der Waals surface area contributed by atoms with Gasteiger partial charge in [0.15, 0.2) is 0 Å². The fraction of sp³-hybridized carbons (Fsp3) is 0.417. The van der Waals surface area contributed by atoms with Crippen LogP contribution >= 0.6 is 8.19 Å². The maximum Gasteiger partial charge on any atom is 0.314 e. The van der Waals surface area contributed by atoms with E-state index in [1.165, 1.54) is 11.0 Å². The zero-order chi connectivity index (χ0) is 20.1. The number of aliphatic carboxylic acids is 1. The highest BCUT2D eigenvalue weighted by Crippen LogP contribution is 2.42. The molecule has 2 unspecified atom stereocenters. The largest absolute Gasteiger partial charge is 0.481 e. The summed E-state index contributed by atoms with van der Waals surface area (Å²) in [6, 6.07) is 8.23. The van der Waals surface area contributed by atoms with E-state index in [9.17, 15) is 9.90 Å². The van der Waals surface area contributed by atoms with E-state index in [2.05, 4.69) is 18.7 Å². The Morgan fingerprint density at radius 2 is 1.96 bits per heavy atom. The zero-order valence-corrected chi connectivity index (χ0v) is 17.9. The third kappa shape index (κ3) is 4.31. The highest BCUT2D eigenvalue weighted by Gasteiger charge is 2.43. The number of carbonyl (C=O) groups is 1. The van der Waals surface area contributed by atoms with E-state index < -0.39 is 11.4 Å². The average molecular weight is 395 g/mol. The molecule has 0 spiro atoms. The van der Waals surface area contributed by atoms with Crippen molar-refractivity contribution < 1.29 is 9.90 Å². The van der Waals surface area contributed by atoms with Crippen LogP contribution in [0.1, 0.15) is 56.1 Å². The standard InChI is InChI=1S/C24H30NO2P/c1-4-5-10-21-17(2)28-22(25-21)16-13-18-11-14-20(15-12-18)24(3,23(26)27)19-8-6-7-9-19/h4-5,10-12,14-15,19,28H,2,6-9,13,16H2,1,3H3,(H,26,27)/b5-4-,21-10+. The van der Waals surface area contributed by atoms with Crippen LogP contribution in [0.25, 0.3) is 12.7 Å². The fourth-order valence-electron chi connectivity index (χ4n) is 4.24. The third-order valence-corrected chi connectivity index (χ3v) is 7.33. The number of aromatic nitrogens is 1. The van der Waals surface area contributed by atoms with E-state index in [-0.39, 0.29) is 5.92 Å². The maximum absolute atomic E-state index is 12.1. The molecule has 2 atom stereocenters. The number of rotatable bonds is 7. The minimum atomic E-state index is -0.782. The first-order valence-corrected chi connectivity index (χ1v) is 11.1. The molecule has 3 nitrogen and oxygen atoms in total. The van der Waals surface area contributed by atoms with Crippen LogP contribution in [-0.2, 0) is 23.1 Å². The number of hydrogen-bond acceptors (Lipinski definition) is 2. The molecule has 0 aliphatic heterocycles. The van der Waals surface area contributed by atoms with Gasteiger partial charge in [0.25, 0.3) is 0 Å². The van der Waals surface area contributed by atoms with Crippen molar-refractivity contribution in [3.63, 3.8) is 0 Å². The second-order valence-electron chi connectivity index (χ2n) is 7.93. The van der Waals surface area contributed by atoms with Gasteiger partial charge in [0.1, 0.15) is 0 Å². The molecule has 1 aliphatic rings. The first-order valence-electron chi connectivity index (χ1n) is 10.1. The molecule has 1 aromatic carbocycles. The molecule has 0 radical (unpaired) electrons. The van der Waals surface area contributed by atoms with E-state index >= 15 is 0 Å². The third-order valence-electron chi connectivity index (χ3n) is 6.13. The van der Waals surface area contributed by atoms with Gasteiger partial charge in [-0.1, -0.05) is 55.8 Å². The van der Waals surface area contributed by atoms with Gasteiger partial charge < -0.3 is 5.11 Å². The molecule has 1 aliphatic carbocycles. The summed E-state index contributed by atoms with van der Waals surface area (Å²) in [7, 11) is 0.581. The second kappa shape index (κ2) is 8.92. The highest BCUT2D eigenvalue weighted by molar-refractivity contribution is 7.29. The summed E-state index contributed by atoms with van der Waals surface area (Å²) in [5.41, 5.74) is 2.58. The Labute approximate surface area is 169 Å². The first kappa shape index (κ1) is 20.6. The lowest BCUT2D eigenvalue weighted by atomic mass is 9.71. The number of carboxylic acids is 1. The second-order valence-corrected chi connectivity index (χ2v) is 9.36. The van der Waals surface area contributed by atoms with Crippen molar-refractivity contribution in [2.45, 2.75) is 57.8 Å². The van der Waals surface area contributed by atoms with Gasteiger partial charge in [0.2, 0.25) is 0 Å². The molecular formula is C24H30NO2P. The molecule has 1 heterocycles. The summed E-state index contributed by atoms with van der Waals surface area (Å²) < 4.78 is 0. The molecule has 0 amide bonds. The SMILES string of the molecule is C=c1[pH]c(CCc2ccc(C(C)(C(=O)O)C3CCCC3)cc2)n/c1=C/C=C\C. The highest BCUT2D eigenvalue weighted by atomic mass is 31.0. The number of hydrogen-bond donors (Lipinski definition) is 1. The molecule has 148 valence electrons. The zero-order valence-electron chi connectivity index (χ0n) is 16.9. The fourth-order valence-corrected chi connectivity index (χ4v) is 5.28. The van der Waals surface area contributed by atoms with E-state index in [1.54, 1.807) is 0 Å². The van der Waals surface area contributed by atoms with Crippen LogP contribution in [0.5, 0.6) is 0 Å². The number of aryl methyl sites for hydroxylation is 2. The summed E-state index contributed by atoms with van der Waals surface area (Å²) >= 11 is 0. The van der Waals surface area contributed by atoms with Crippen molar-refractivity contribution >= 4 is 26.8 Å². The van der Waals surface area contributed by atoms with Gasteiger partial charge in [-0.2, -0.15) is 0 Å². The van der Waals surface area contributed by atoms with Crippen LogP contribution in [0.3, 0.4) is 0 Å². The predicted molar refractivity (Wildman–Crippen MR) is 119 cm³/mol. The van der Waals surface area contributed by atoms with E-state index in [4.69, 9.17) is 4.98 Å². The molecule has 1 N–H and O–H groups in total. The molecule has 4 heteroatoms. The van der Waals surface area contributed by atoms with E-state index in [0.29, 0.717) is 8.19 Å². The van der Waals surface area contributed by atoms with Crippen molar-refractivity contribution in [2.24, 2.45) is 5.92 Å². The molecule has 28 heavy (non-hydrogen) atoms. The molecule has 2 aromatic rings. The number of benzene rings is 1. The lowest BCUT2D eigenvalue weighted by Gasteiger charge is -2.32. The Hall–Kier alpha value is -2.12. The van der Waals surface area contributed by atoms with Gasteiger partial charge in [0, 0.05) is 4.95 Å². The van der Waals surface area contributed by atoms with E-state index in [0.717, 1.165) is 54.4 Å². The van der Waals surface area contributed by atoms with Crippen LogP contribution in [0.4, 0.5) is 0 Å². The summed E-state index contributed by atoms with van der Waals surface area (Å²) in [6.07, 6.45) is 12.2. The van der Waals surface area contributed by atoms with Crippen molar-refractivity contribution in [3.05, 3.63) is 63.3 Å². The Bertz CT molecular complexity index is 951. The monoisotopic (exact) mass is 395 g/mol. The summed E-state index contributed by atoms with van der Waals surface area (Å²) in [5, 5.41) is 10.9. The van der Waals surface area contributed by atoms with Crippen LogP contribution < -0.4 is 10.3 Å². The molecule has 1 saturated carbocycles. The molecule has 0 bridgehead atoms. The first-order chi connectivity index (χ1) is 13.4. The summed E-state index contributed by atoms with van der Waals surface area (Å²) in [4.78, 5) is 17.9. The Balaban J connectivity index is 1.72. The van der Waals surface area contributed by atoms with Gasteiger partial charge >= 0.3 is 5.97 Å². The van der Waals surface area contributed by atoms with Gasteiger partial charge in [0.05, 0.1) is 16.2 Å². The Morgan fingerprint density at radius 1 is 1.29 bits per heavy atom. The topological polar surface area (TPSA) is 50.2 Å². The van der Waals surface area contributed by atoms with Gasteiger partial charge in [-0.05, 0) is 62.7 Å². The lowest BCUT2D eigenvalue weighted by molar-refractivity contribution is -0.145. The number of carboxylic acid groups (broad SMARTS) is 1. The number of nitrogens with zero attached hydrogens (tertiary/aromatic N) is 1. The van der Waals surface area contributed by atoms with Crippen molar-refractivity contribution in [3.8, 4) is 0 Å². The average Bonchev–Trinajstić information content (AvgIpc) is 3.34. The smallest absolute Gasteiger partial charge is 0.314 e. The maximum atomic E-state index is 12.1. The Morgan fingerprint density at radius 3 is 2.57 bits per heavy atom. The predicted octanol–water partition coefficient (Wildman–Crippen LogP) is 4.20. The number of allylic oxidation sites excluding steroid dienone is 2. The van der Waals surface area contributed by atoms with Crippen molar-refractivity contribution in [1.29, 1.82) is 0 Å². The van der Waals surface area contributed by atoms with Crippen LogP contribution in [0.2, 0.25) is 0 Å². The minimum Gasteiger partial charge on any atom is -0.481 e. The molecular weight excluding hydrogens is 365 g/mol. The van der Waals surface area contributed by atoms with Crippen LogP contribution in [0.15, 0.2) is 36.4 Å². The quantitative estimate of drug-likeness (QED) is 0.765. The Kier molecular flexibility index (Phi) is 6.57. The normalized spacial score (nSPS) is 18.3. The summed E-state index contributed by atoms with van der Waals surface area (Å²) in [6.45, 7) is 8.02. The molecule has 1 aromatic heterocycles. The summed E-state index contributed by atoms with van der Waals surface area (Å²) in [5.74, 6) is -0.467. The van der Waals surface area contributed by atoms with E-state index in [1.807, 2.05) is 44.2 Å². The molecule has 3 rings (SSSR count). The van der Waals surface area contributed by atoms with Gasteiger partial charge in [-0.25, -0.2) is 4.98 Å². The minimum absolute atomic E-state index is 0.235. The van der Waals surface area contributed by atoms with Crippen LogP contribution in [-0.4, -0.2) is 16.1 Å². The van der Waals surface area contributed by atoms with Gasteiger partial charge in [-0.15, -0.1) is 8.19 Å². The van der Waals surface area contributed by atoms with Crippen molar-refractivity contribution in [1.82, 2.24) is 4.98 Å². The molecule has 1 fully saturated rings. The van der Waals surface area contributed by atoms with Gasteiger partial charge in [-0.3, -0.25) is 4.79 Å². The van der Waals surface area contributed by atoms with Crippen LogP contribution in [0, 0.1) is 5.92 Å².